The van der Waals surface area contributed by atoms with Crippen LogP contribution in [0.1, 0.15) is 10.4 Å². The quantitative estimate of drug-likeness (QED) is 0.201. The number of hydrogen-bond acceptors (Lipinski definition) is 6. The zero-order valence-corrected chi connectivity index (χ0v) is 13.9. The molecular weight excluding hydrogens is 290 g/mol. The molecule has 0 aliphatic heterocycles. The summed E-state index contributed by atoms with van der Waals surface area (Å²) in [7, 11) is 0.0910. The van der Waals surface area contributed by atoms with E-state index in [1.807, 2.05) is 0 Å². The molecule has 0 bridgehead atoms. The lowest BCUT2D eigenvalue weighted by Crippen LogP contribution is -2.22. The zero-order chi connectivity index (χ0) is 16.0. The number of carbonyl (C=O) groups excluding carboxylic acids is 1. The standard InChI is InChI=1S/C14H23NO5Si/c1-18-14(17)12-11(6-5-10(16)13(12)15)20-9-19-7-8-21(2,3)4/h5-6,16H,7-9,15H2,1-4H3. The van der Waals surface area contributed by atoms with Crippen molar-refractivity contribution in [3.8, 4) is 11.5 Å². The Bertz CT molecular complexity index is 499. The molecule has 0 saturated carbocycles. The number of anilines is 1. The molecule has 0 spiro atoms. The Labute approximate surface area is 125 Å². The molecule has 3 N–H and O–H groups in total. The fourth-order valence-corrected chi connectivity index (χ4v) is 2.32. The molecule has 0 amide bonds. The van der Waals surface area contributed by atoms with Gasteiger partial charge in [0.05, 0.1) is 12.8 Å². The second kappa shape index (κ2) is 7.33. The van der Waals surface area contributed by atoms with Crippen LogP contribution in [0.15, 0.2) is 12.1 Å². The van der Waals surface area contributed by atoms with Crippen LogP contribution in [0.4, 0.5) is 5.69 Å². The molecule has 21 heavy (non-hydrogen) atoms. The van der Waals surface area contributed by atoms with Gasteiger partial charge in [0.1, 0.15) is 17.1 Å². The maximum atomic E-state index is 11.7. The number of esters is 1. The van der Waals surface area contributed by atoms with E-state index in [1.54, 1.807) is 0 Å². The van der Waals surface area contributed by atoms with Crippen LogP contribution in [0.25, 0.3) is 0 Å². The van der Waals surface area contributed by atoms with Crippen molar-refractivity contribution < 1.29 is 24.1 Å². The number of nitrogens with two attached hydrogens (primary N) is 1. The van der Waals surface area contributed by atoms with Crippen molar-refractivity contribution in [2.24, 2.45) is 0 Å². The summed E-state index contributed by atoms with van der Waals surface area (Å²) in [5.74, 6) is -0.631. The number of phenolic OH excluding ortho intramolecular Hbond substituents is 1. The summed E-state index contributed by atoms with van der Waals surface area (Å²) >= 11 is 0. The van der Waals surface area contributed by atoms with Crippen LogP contribution in [0.3, 0.4) is 0 Å². The van der Waals surface area contributed by atoms with Gasteiger partial charge in [0, 0.05) is 14.7 Å². The lowest BCUT2D eigenvalue weighted by atomic mass is 10.1. The number of rotatable bonds is 7. The van der Waals surface area contributed by atoms with Gasteiger partial charge in [-0.3, -0.25) is 0 Å². The predicted molar refractivity (Wildman–Crippen MR) is 83.5 cm³/mol. The van der Waals surface area contributed by atoms with E-state index in [4.69, 9.17) is 15.2 Å². The van der Waals surface area contributed by atoms with Crippen LogP contribution in [-0.2, 0) is 9.47 Å². The zero-order valence-electron chi connectivity index (χ0n) is 12.9. The highest BCUT2D eigenvalue weighted by Gasteiger charge is 2.20. The Hall–Kier alpha value is -1.73. The van der Waals surface area contributed by atoms with Crippen molar-refractivity contribution in [3.05, 3.63) is 17.7 Å². The van der Waals surface area contributed by atoms with Crippen molar-refractivity contribution in [2.75, 3.05) is 26.2 Å². The fraction of sp³-hybridized carbons (Fsp3) is 0.500. The molecule has 118 valence electrons. The van der Waals surface area contributed by atoms with Crippen molar-refractivity contribution in [3.63, 3.8) is 0 Å². The molecule has 7 heteroatoms. The number of ether oxygens (including phenoxy) is 3. The number of hydrogen-bond donors (Lipinski definition) is 2. The number of carbonyl (C=O) groups is 1. The molecule has 1 aromatic rings. The lowest BCUT2D eigenvalue weighted by molar-refractivity contribution is 0.0207. The number of methoxy groups -OCH3 is 1. The predicted octanol–water partition coefficient (Wildman–Crippen LogP) is 2.45. The first-order valence-corrected chi connectivity index (χ1v) is 10.4. The SMILES string of the molecule is COC(=O)c1c(OCOCC[Si](C)(C)C)ccc(O)c1N. The van der Waals surface area contributed by atoms with E-state index in [-0.39, 0.29) is 29.5 Å². The van der Waals surface area contributed by atoms with E-state index in [1.165, 1.54) is 19.2 Å². The van der Waals surface area contributed by atoms with Crippen LogP contribution in [0.5, 0.6) is 11.5 Å². The van der Waals surface area contributed by atoms with Gasteiger partial charge in [0.25, 0.3) is 0 Å². The van der Waals surface area contributed by atoms with Crippen LogP contribution in [-0.4, -0.2) is 39.7 Å². The van der Waals surface area contributed by atoms with Crippen molar-refractivity contribution in [1.82, 2.24) is 0 Å². The third kappa shape index (κ3) is 5.28. The topological polar surface area (TPSA) is 91.0 Å². The summed E-state index contributed by atoms with van der Waals surface area (Å²) < 4.78 is 15.5. The number of benzene rings is 1. The maximum Gasteiger partial charge on any atom is 0.343 e. The fourth-order valence-electron chi connectivity index (χ4n) is 1.56. The average Bonchev–Trinajstić information content (AvgIpc) is 2.40. The molecule has 0 saturated heterocycles. The van der Waals surface area contributed by atoms with Gasteiger partial charge in [0.15, 0.2) is 6.79 Å². The molecule has 0 aromatic heterocycles. The third-order valence-electron chi connectivity index (χ3n) is 2.87. The number of phenols is 1. The first kappa shape index (κ1) is 17.3. The molecule has 0 radical (unpaired) electrons. The molecular formula is C14H23NO5Si. The molecule has 1 rings (SSSR count). The first-order chi connectivity index (χ1) is 9.76. The Kier molecular flexibility index (Phi) is 6.04. The number of aromatic hydroxyl groups is 1. The van der Waals surface area contributed by atoms with E-state index in [2.05, 4.69) is 24.4 Å². The molecule has 0 atom stereocenters. The number of nitrogen functional groups attached to an aromatic ring is 1. The summed E-state index contributed by atoms with van der Waals surface area (Å²) in [5, 5.41) is 9.55. The maximum absolute atomic E-state index is 11.7. The van der Waals surface area contributed by atoms with Crippen molar-refractivity contribution in [1.29, 1.82) is 0 Å². The molecule has 1 aromatic carbocycles. The minimum atomic E-state index is -1.15. The first-order valence-electron chi connectivity index (χ1n) is 6.66. The van der Waals surface area contributed by atoms with Gasteiger partial charge < -0.3 is 25.1 Å². The molecule has 0 unspecified atom stereocenters. The lowest BCUT2D eigenvalue weighted by Gasteiger charge is -2.16. The van der Waals surface area contributed by atoms with Gasteiger partial charge in [-0.2, -0.15) is 0 Å². The van der Waals surface area contributed by atoms with Gasteiger partial charge in [0.2, 0.25) is 0 Å². The minimum Gasteiger partial charge on any atom is -0.506 e. The minimum absolute atomic E-state index is 0.00583. The van der Waals surface area contributed by atoms with Gasteiger partial charge in [-0.1, -0.05) is 19.6 Å². The summed E-state index contributed by atoms with van der Waals surface area (Å²) in [6, 6.07) is 3.84. The van der Waals surface area contributed by atoms with Gasteiger partial charge in [-0.05, 0) is 18.2 Å². The van der Waals surface area contributed by atoms with Crippen LogP contribution in [0.2, 0.25) is 25.7 Å². The Morgan fingerprint density at radius 1 is 1.33 bits per heavy atom. The molecule has 0 fully saturated rings. The smallest absolute Gasteiger partial charge is 0.343 e. The Morgan fingerprint density at radius 2 is 2.00 bits per heavy atom. The van der Waals surface area contributed by atoms with Crippen LogP contribution in [0, 0.1) is 0 Å². The van der Waals surface area contributed by atoms with Gasteiger partial charge in [-0.15, -0.1) is 0 Å². The molecule has 0 aliphatic carbocycles. The monoisotopic (exact) mass is 313 g/mol. The summed E-state index contributed by atoms with van der Waals surface area (Å²) in [6.07, 6.45) is 0. The Balaban J connectivity index is 2.67. The largest absolute Gasteiger partial charge is 0.506 e. The van der Waals surface area contributed by atoms with E-state index >= 15 is 0 Å². The highest BCUT2D eigenvalue weighted by Crippen LogP contribution is 2.32. The average molecular weight is 313 g/mol. The molecule has 0 aliphatic rings. The van der Waals surface area contributed by atoms with E-state index < -0.39 is 14.0 Å². The highest BCUT2D eigenvalue weighted by atomic mass is 28.3. The van der Waals surface area contributed by atoms with E-state index in [0.717, 1.165) is 6.04 Å². The second-order valence-corrected chi connectivity index (χ2v) is 11.5. The highest BCUT2D eigenvalue weighted by molar-refractivity contribution is 6.76. The third-order valence-corrected chi connectivity index (χ3v) is 4.57. The summed E-state index contributed by atoms with van der Waals surface area (Å²) in [5.41, 5.74) is 5.62. The summed E-state index contributed by atoms with van der Waals surface area (Å²) in [4.78, 5) is 11.7. The van der Waals surface area contributed by atoms with E-state index in [0.29, 0.717) is 6.61 Å². The summed E-state index contributed by atoms with van der Waals surface area (Å²) in [6.45, 7) is 7.39. The molecule has 0 heterocycles. The van der Waals surface area contributed by atoms with Gasteiger partial charge in [-0.25, -0.2) is 4.79 Å². The van der Waals surface area contributed by atoms with Crippen molar-refractivity contribution >= 4 is 19.7 Å². The van der Waals surface area contributed by atoms with E-state index in [9.17, 15) is 9.90 Å². The van der Waals surface area contributed by atoms with Crippen LogP contribution >= 0.6 is 0 Å². The Morgan fingerprint density at radius 3 is 2.57 bits per heavy atom. The second-order valence-electron chi connectivity index (χ2n) is 5.84. The van der Waals surface area contributed by atoms with Gasteiger partial charge >= 0.3 is 5.97 Å². The van der Waals surface area contributed by atoms with Crippen molar-refractivity contribution in [2.45, 2.75) is 25.7 Å². The molecule has 6 nitrogen and oxygen atoms in total. The van der Waals surface area contributed by atoms with Crippen LogP contribution < -0.4 is 10.5 Å². The normalized spacial score (nSPS) is 11.2.